The van der Waals surface area contributed by atoms with E-state index in [4.69, 9.17) is 0 Å². The molecule has 0 aliphatic rings. The summed E-state index contributed by atoms with van der Waals surface area (Å²) < 4.78 is 0. The van der Waals surface area contributed by atoms with Crippen molar-refractivity contribution in [3.05, 3.63) is 19.6 Å². The molecule has 0 rings (SSSR count). The van der Waals surface area contributed by atoms with Crippen molar-refractivity contribution in [1.29, 1.82) is 0 Å². The molecule has 0 saturated carbocycles. The number of hydrogen-bond acceptors (Lipinski definition) is 0. The third kappa shape index (κ3) is 26.5. The maximum absolute atomic E-state index is 3.68. The molecule has 0 atom stereocenters. The molecular formula is C6H11Br2Mg. The molecule has 0 heterocycles. The zero-order valence-corrected chi connectivity index (χ0v) is 10.2. The first-order valence-corrected chi connectivity index (χ1v) is 10.6. The van der Waals surface area contributed by atoms with E-state index in [-0.39, 0.29) is 16.0 Å². The number of halogens is 2. The molecule has 0 bridgehead atoms. The lowest BCUT2D eigenvalue weighted by Gasteiger charge is -1.81. The Labute approximate surface area is 79.9 Å². The summed E-state index contributed by atoms with van der Waals surface area (Å²) in [5.74, 6) is 0. The minimum absolute atomic E-state index is 0.0417. The van der Waals surface area contributed by atoms with Gasteiger partial charge in [-0.3, -0.25) is 25.8 Å². The van der Waals surface area contributed by atoms with Crippen molar-refractivity contribution in [2.45, 2.75) is 19.3 Å². The molecule has 9 heavy (non-hydrogen) atoms. The Morgan fingerprint density at radius 2 is 1.89 bits per heavy atom. The van der Waals surface area contributed by atoms with E-state index in [0.29, 0.717) is 0 Å². The summed E-state index contributed by atoms with van der Waals surface area (Å²) in [6, 6.07) is 0. The highest BCUT2D eigenvalue weighted by molar-refractivity contribution is 9.47. The molecule has 0 aliphatic carbocycles. The van der Waals surface area contributed by atoms with Crippen molar-refractivity contribution in [3.63, 3.8) is 0 Å². The molecule has 0 saturated heterocycles. The molecule has 0 aromatic heterocycles. The van der Waals surface area contributed by atoms with Crippen LogP contribution >= 0.6 is 25.8 Å². The molecule has 0 aliphatic heterocycles. The van der Waals surface area contributed by atoms with Gasteiger partial charge in [0.2, 0.25) is 0 Å². The minimum Gasteiger partial charge on any atom is -0.280 e. The summed E-state index contributed by atoms with van der Waals surface area (Å²) in [6.07, 6.45) is 5.25. The Balaban J connectivity index is 0. The zero-order valence-electron chi connectivity index (χ0n) is 5.58. The van der Waals surface area contributed by atoms with Crippen molar-refractivity contribution in [2.75, 3.05) is 0 Å². The molecule has 0 unspecified atom stereocenters. The molecule has 0 N–H and O–H groups in total. The van der Waals surface area contributed by atoms with Crippen LogP contribution in [0, 0.1) is 6.92 Å². The largest absolute Gasteiger partial charge is 0.560 e. The second-order valence-electron chi connectivity index (χ2n) is 1.39. The van der Waals surface area contributed by atoms with E-state index < -0.39 is 0 Å². The third-order valence-electron chi connectivity index (χ3n) is 0.658. The van der Waals surface area contributed by atoms with Crippen molar-refractivity contribution in [1.82, 2.24) is 0 Å². The first kappa shape index (κ1) is 13.1. The van der Waals surface area contributed by atoms with Crippen LogP contribution in [0.2, 0.25) is 0 Å². The van der Waals surface area contributed by atoms with Crippen molar-refractivity contribution in [3.8, 4) is 0 Å². The van der Waals surface area contributed by atoms with E-state index in [1.165, 1.54) is 6.42 Å². The Morgan fingerprint density at radius 3 is 2.00 bits per heavy atom. The highest BCUT2D eigenvalue weighted by Crippen LogP contribution is 1.90. The topological polar surface area (TPSA) is 0 Å². The predicted octanol–water partition coefficient (Wildman–Crippen LogP) is 3.49. The van der Waals surface area contributed by atoms with Gasteiger partial charge in [0.05, 0.1) is 0 Å². The van der Waals surface area contributed by atoms with E-state index >= 15 is 0 Å². The van der Waals surface area contributed by atoms with Gasteiger partial charge in [0, 0.05) is 0 Å². The van der Waals surface area contributed by atoms with Gasteiger partial charge in [0.1, 0.15) is 0 Å². The Bertz CT molecular complexity index is 48.3. The van der Waals surface area contributed by atoms with E-state index in [9.17, 15) is 0 Å². The van der Waals surface area contributed by atoms with Gasteiger partial charge in [-0.15, -0.1) is 6.58 Å². The first-order valence-electron chi connectivity index (χ1n) is 2.85. The van der Waals surface area contributed by atoms with Crippen LogP contribution < -0.4 is 0 Å². The van der Waals surface area contributed by atoms with E-state index in [0.717, 1.165) is 12.8 Å². The first-order chi connectivity index (χ1) is 4.33. The normalized spacial score (nSPS) is 6.56. The summed E-state index contributed by atoms with van der Waals surface area (Å²) in [4.78, 5) is 0. The summed E-state index contributed by atoms with van der Waals surface area (Å²) in [7, 11) is 0. The van der Waals surface area contributed by atoms with Crippen LogP contribution in [0.4, 0.5) is 0 Å². The molecule has 0 amide bonds. The van der Waals surface area contributed by atoms with Gasteiger partial charge in [-0.2, -0.15) is 0 Å². The fourth-order valence-corrected chi connectivity index (χ4v) is 0.289. The lowest BCUT2D eigenvalue weighted by atomic mass is 10.3. The smallest absolute Gasteiger partial charge is 0.280 e. The van der Waals surface area contributed by atoms with E-state index in [1.807, 2.05) is 6.08 Å². The van der Waals surface area contributed by atoms with Gasteiger partial charge >= 0.3 is 16.0 Å². The number of allylic oxidation sites excluding steroid dienone is 1. The summed E-state index contributed by atoms with van der Waals surface area (Å²) in [5.41, 5.74) is 0. The van der Waals surface area contributed by atoms with Crippen LogP contribution in [0.5, 0.6) is 0 Å². The fraction of sp³-hybridized carbons (Fsp3) is 0.500. The Kier molecular flexibility index (Phi) is 23.6. The molecule has 51 valence electrons. The minimum atomic E-state index is 0.0417. The van der Waals surface area contributed by atoms with Crippen LogP contribution in [-0.4, -0.2) is 16.0 Å². The molecule has 0 fully saturated rings. The van der Waals surface area contributed by atoms with Crippen LogP contribution in [0.3, 0.4) is 0 Å². The van der Waals surface area contributed by atoms with Crippen molar-refractivity contribution < 1.29 is 0 Å². The number of unbranched alkanes of at least 4 members (excludes halogenated alkanes) is 2. The Morgan fingerprint density at radius 1 is 1.44 bits per heavy atom. The van der Waals surface area contributed by atoms with Gasteiger partial charge < -0.3 is 0 Å². The highest BCUT2D eigenvalue weighted by Gasteiger charge is 1.71. The summed E-state index contributed by atoms with van der Waals surface area (Å²) in [5, 5.41) is 0. The molecule has 3 heteroatoms. The summed E-state index contributed by atoms with van der Waals surface area (Å²) in [6.45, 7) is 7.25. The molecular weight excluding hydrogens is 256 g/mol. The standard InChI is InChI=1S/C6H11.2BrH.Mg/c1-3-5-6-4-2;;;/h3H,1-2,4-6H2;2*1H;/q;;;+2/p-2. The average molecular weight is 267 g/mol. The van der Waals surface area contributed by atoms with Crippen LogP contribution in [0.25, 0.3) is 0 Å². The lowest BCUT2D eigenvalue weighted by Crippen LogP contribution is -1.62. The van der Waals surface area contributed by atoms with E-state index in [1.54, 1.807) is 0 Å². The molecule has 0 nitrogen and oxygen atoms in total. The molecule has 0 aromatic rings. The maximum atomic E-state index is 3.68. The van der Waals surface area contributed by atoms with Crippen molar-refractivity contribution in [2.24, 2.45) is 0 Å². The fourth-order valence-electron chi connectivity index (χ4n) is 0.289. The predicted molar refractivity (Wildman–Crippen MR) is 53.0 cm³/mol. The average Bonchev–Trinajstić information content (AvgIpc) is 1.86. The Hall–Kier alpha value is 1.47. The van der Waals surface area contributed by atoms with Crippen LogP contribution in [0.15, 0.2) is 12.7 Å². The third-order valence-corrected chi connectivity index (χ3v) is 0.658. The van der Waals surface area contributed by atoms with Gasteiger partial charge in [-0.05, 0) is 12.8 Å². The molecule has 0 aromatic carbocycles. The number of hydrogen-bond donors (Lipinski definition) is 0. The quantitative estimate of drug-likeness (QED) is 0.417. The van der Waals surface area contributed by atoms with Gasteiger partial charge in [0.15, 0.2) is 0 Å². The second kappa shape index (κ2) is 16.2. The highest BCUT2D eigenvalue weighted by atomic mass is 79.9. The van der Waals surface area contributed by atoms with Crippen molar-refractivity contribution >= 4 is 41.8 Å². The van der Waals surface area contributed by atoms with E-state index in [2.05, 4.69) is 39.3 Å². The second-order valence-corrected chi connectivity index (χ2v) is 9.47. The lowest BCUT2D eigenvalue weighted by molar-refractivity contribution is 0.867. The summed E-state index contributed by atoms with van der Waals surface area (Å²) >= 11 is 6.44. The zero-order chi connectivity index (χ0) is 7.54. The SMILES string of the molecule is [Br][Mg][Br].[CH2]CCCC=C. The van der Waals surface area contributed by atoms with Crippen LogP contribution in [-0.2, 0) is 0 Å². The molecule has 0 spiro atoms. The van der Waals surface area contributed by atoms with Gasteiger partial charge in [0.25, 0.3) is 0 Å². The van der Waals surface area contributed by atoms with Gasteiger partial charge in [-0.25, -0.2) is 0 Å². The molecule has 1 radical (unpaired) electrons. The monoisotopic (exact) mass is 265 g/mol. The van der Waals surface area contributed by atoms with Gasteiger partial charge in [-0.1, -0.05) is 19.4 Å². The van der Waals surface area contributed by atoms with Crippen LogP contribution in [0.1, 0.15) is 19.3 Å². The number of rotatable bonds is 3. The maximum Gasteiger partial charge on any atom is 0.560 e.